The summed E-state index contributed by atoms with van der Waals surface area (Å²) in [6.07, 6.45) is 0. The van der Waals surface area contributed by atoms with E-state index in [0.29, 0.717) is 19.6 Å². The fourth-order valence-corrected chi connectivity index (χ4v) is 3.40. The SMILES string of the molecule is CCNCc1ccc(F)c(S(=O)(=O)N(CC)CC)c1. The van der Waals surface area contributed by atoms with Crippen molar-refractivity contribution in [1.29, 1.82) is 0 Å². The number of nitrogens with zero attached hydrogens (tertiary/aromatic N) is 1. The van der Waals surface area contributed by atoms with Crippen LogP contribution in [0.5, 0.6) is 0 Å². The Balaban J connectivity index is 3.17. The third-order valence-electron chi connectivity index (χ3n) is 2.90. The first kappa shape index (κ1) is 16.1. The van der Waals surface area contributed by atoms with Gasteiger partial charge < -0.3 is 5.32 Å². The Bertz CT molecular complexity index is 513. The predicted octanol–water partition coefficient (Wildman–Crippen LogP) is 1.97. The molecule has 1 rings (SSSR count). The number of hydrogen-bond donors (Lipinski definition) is 1. The topological polar surface area (TPSA) is 49.4 Å². The molecule has 0 saturated carbocycles. The zero-order valence-corrected chi connectivity index (χ0v) is 12.4. The molecule has 108 valence electrons. The Labute approximate surface area is 114 Å². The molecule has 0 aliphatic carbocycles. The average molecular weight is 288 g/mol. The molecule has 0 atom stereocenters. The summed E-state index contributed by atoms with van der Waals surface area (Å²) < 4.78 is 39.7. The van der Waals surface area contributed by atoms with Crippen LogP contribution in [0.25, 0.3) is 0 Å². The lowest BCUT2D eigenvalue weighted by Crippen LogP contribution is -2.31. The van der Waals surface area contributed by atoms with Gasteiger partial charge in [-0.05, 0) is 24.2 Å². The van der Waals surface area contributed by atoms with Crippen LogP contribution in [0, 0.1) is 5.82 Å². The third-order valence-corrected chi connectivity index (χ3v) is 4.96. The standard InChI is InChI=1S/C13H21FN2O2S/c1-4-15-10-11-7-8-12(14)13(9-11)19(17,18)16(5-2)6-3/h7-9,15H,4-6,10H2,1-3H3. The first-order valence-corrected chi connectivity index (χ1v) is 7.90. The summed E-state index contributed by atoms with van der Waals surface area (Å²) >= 11 is 0. The normalized spacial score (nSPS) is 12.1. The van der Waals surface area contributed by atoms with Crippen molar-refractivity contribution < 1.29 is 12.8 Å². The minimum atomic E-state index is -3.75. The van der Waals surface area contributed by atoms with Gasteiger partial charge in [-0.25, -0.2) is 12.8 Å². The Morgan fingerprint density at radius 1 is 1.21 bits per heavy atom. The van der Waals surface area contributed by atoms with Crippen LogP contribution >= 0.6 is 0 Å². The van der Waals surface area contributed by atoms with Crippen LogP contribution in [-0.2, 0) is 16.6 Å². The molecule has 0 unspecified atom stereocenters. The zero-order valence-electron chi connectivity index (χ0n) is 11.6. The van der Waals surface area contributed by atoms with E-state index in [-0.39, 0.29) is 4.90 Å². The quantitative estimate of drug-likeness (QED) is 0.834. The van der Waals surface area contributed by atoms with Crippen LogP contribution < -0.4 is 5.32 Å². The Hall–Kier alpha value is -0.980. The van der Waals surface area contributed by atoms with Crippen LogP contribution in [0.15, 0.2) is 23.1 Å². The van der Waals surface area contributed by atoms with E-state index >= 15 is 0 Å². The van der Waals surface area contributed by atoms with Gasteiger partial charge in [0, 0.05) is 19.6 Å². The maximum atomic E-state index is 13.8. The predicted molar refractivity (Wildman–Crippen MR) is 73.9 cm³/mol. The molecule has 0 heterocycles. The summed E-state index contributed by atoms with van der Waals surface area (Å²) in [4.78, 5) is -0.244. The van der Waals surface area contributed by atoms with Gasteiger partial charge in [0.15, 0.2) is 0 Å². The highest BCUT2D eigenvalue weighted by Crippen LogP contribution is 2.20. The van der Waals surface area contributed by atoms with Crippen LogP contribution in [0.3, 0.4) is 0 Å². The molecule has 6 heteroatoms. The number of benzene rings is 1. The molecule has 0 spiro atoms. The molecule has 0 aliphatic heterocycles. The lowest BCUT2D eigenvalue weighted by molar-refractivity contribution is 0.439. The van der Waals surface area contributed by atoms with Crippen molar-refractivity contribution >= 4 is 10.0 Å². The lowest BCUT2D eigenvalue weighted by Gasteiger charge is -2.19. The van der Waals surface area contributed by atoms with Gasteiger partial charge in [-0.2, -0.15) is 4.31 Å². The highest BCUT2D eigenvalue weighted by molar-refractivity contribution is 7.89. The highest BCUT2D eigenvalue weighted by atomic mass is 32.2. The molecule has 1 aromatic carbocycles. The number of hydrogen-bond acceptors (Lipinski definition) is 3. The van der Waals surface area contributed by atoms with Crippen molar-refractivity contribution in [3.8, 4) is 0 Å². The molecule has 4 nitrogen and oxygen atoms in total. The molecule has 1 N–H and O–H groups in total. The molecule has 0 amide bonds. The highest BCUT2D eigenvalue weighted by Gasteiger charge is 2.25. The van der Waals surface area contributed by atoms with Gasteiger partial charge in [-0.15, -0.1) is 0 Å². The van der Waals surface area contributed by atoms with Crippen molar-refractivity contribution in [3.63, 3.8) is 0 Å². The molecular weight excluding hydrogens is 267 g/mol. The summed E-state index contributed by atoms with van der Waals surface area (Å²) in [7, 11) is -3.75. The fourth-order valence-electron chi connectivity index (χ4n) is 1.83. The molecule has 0 fully saturated rings. The smallest absolute Gasteiger partial charge is 0.245 e. The largest absolute Gasteiger partial charge is 0.313 e. The summed E-state index contributed by atoms with van der Waals surface area (Å²) in [5.41, 5.74) is 0.758. The van der Waals surface area contributed by atoms with Crippen LogP contribution in [-0.4, -0.2) is 32.4 Å². The van der Waals surface area contributed by atoms with Gasteiger partial charge in [0.1, 0.15) is 10.7 Å². The lowest BCUT2D eigenvalue weighted by atomic mass is 10.2. The molecule has 0 aliphatic rings. The van der Waals surface area contributed by atoms with E-state index in [2.05, 4.69) is 5.32 Å². The van der Waals surface area contributed by atoms with Crippen molar-refractivity contribution in [3.05, 3.63) is 29.6 Å². The third kappa shape index (κ3) is 3.75. The minimum Gasteiger partial charge on any atom is -0.313 e. The molecule has 0 saturated heterocycles. The fraction of sp³-hybridized carbons (Fsp3) is 0.538. The van der Waals surface area contributed by atoms with Crippen LogP contribution in [0.2, 0.25) is 0 Å². The number of sulfonamides is 1. The van der Waals surface area contributed by atoms with E-state index < -0.39 is 15.8 Å². The van der Waals surface area contributed by atoms with E-state index in [0.717, 1.165) is 12.1 Å². The molecule has 19 heavy (non-hydrogen) atoms. The summed E-state index contributed by atoms with van der Waals surface area (Å²) in [6, 6.07) is 4.22. The Kier molecular flexibility index (Phi) is 5.90. The first-order valence-electron chi connectivity index (χ1n) is 6.46. The molecular formula is C13H21FN2O2S. The van der Waals surface area contributed by atoms with Gasteiger partial charge >= 0.3 is 0 Å². The zero-order chi connectivity index (χ0) is 14.5. The second-order valence-corrected chi connectivity index (χ2v) is 6.04. The molecule has 0 aromatic heterocycles. The first-order chi connectivity index (χ1) is 8.97. The van der Waals surface area contributed by atoms with Gasteiger partial charge in [-0.3, -0.25) is 0 Å². The van der Waals surface area contributed by atoms with E-state index in [9.17, 15) is 12.8 Å². The minimum absolute atomic E-state index is 0.244. The van der Waals surface area contributed by atoms with Crippen LogP contribution in [0.4, 0.5) is 4.39 Å². The second-order valence-electron chi connectivity index (χ2n) is 4.13. The van der Waals surface area contributed by atoms with Crippen molar-refractivity contribution in [2.45, 2.75) is 32.2 Å². The molecule has 1 aromatic rings. The monoisotopic (exact) mass is 288 g/mol. The van der Waals surface area contributed by atoms with Crippen LogP contribution in [0.1, 0.15) is 26.3 Å². The van der Waals surface area contributed by atoms with Gasteiger partial charge in [0.2, 0.25) is 10.0 Å². The molecule has 0 radical (unpaired) electrons. The average Bonchev–Trinajstić information content (AvgIpc) is 2.38. The number of halogens is 1. The van der Waals surface area contributed by atoms with Crippen molar-refractivity contribution in [2.75, 3.05) is 19.6 Å². The number of rotatable bonds is 7. The number of nitrogens with one attached hydrogen (secondary N) is 1. The maximum absolute atomic E-state index is 13.8. The van der Waals surface area contributed by atoms with Crippen molar-refractivity contribution in [2.24, 2.45) is 0 Å². The van der Waals surface area contributed by atoms with E-state index in [1.54, 1.807) is 19.9 Å². The van der Waals surface area contributed by atoms with Gasteiger partial charge in [0.05, 0.1) is 0 Å². The van der Waals surface area contributed by atoms with E-state index in [4.69, 9.17) is 0 Å². The van der Waals surface area contributed by atoms with Crippen molar-refractivity contribution in [1.82, 2.24) is 9.62 Å². The molecule has 0 bridgehead atoms. The summed E-state index contributed by atoms with van der Waals surface area (Å²) in [5.74, 6) is -0.702. The summed E-state index contributed by atoms with van der Waals surface area (Å²) in [6.45, 7) is 7.39. The maximum Gasteiger partial charge on any atom is 0.245 e. The van der Waals surface area contributed by atoms with E-state index in [1.807, 2.05) is 6.92 Å². The van der Waals surface area contributed by atoms with Gasteiger partial charge in [0.25, 0.3) is 0 Å². The Morgan fingerprint density at radius 2 is 1.84 bits per heavy atom. The Morgan fingerprint density at radius 3 is 2.37 bits per heavy atom. The second kappa shape index (κ2) is 6.98. The van der Waals surface area contributed by atoms with Gasteiger partial charge in [-0.1, -0.05) is 26.8 Å². The van der Waals surface area contributed by atoms with E-state index in [1.165, 1.54) is 16.4 Å². The summed E-state index contributed by atoms with van der Waals surface area (Å²) in [5, 5.41) is 3.09.